The molecule has 2 aliphatic rings. The Morgan fingerprint density at radius 1 is 0.293 bits per heavy atom. The fraction of sp³-hybridized carbons (Fsp3) is 0.143. The maximum absolute atomic E-state index is 2.68. The Hall–Kier alpha value is -8.21. The van der Waals surface area contributed by atoms with Gasteiger partial charge in [0.2, 0.25) is 13.4 Å². The van der Waals surface area contributed by atoms with Crippen molar-refractivity contribution in [3.63, 3.8) is 0 Å². The van der Waals surface area contributed by atoms with Crippen LogP contribution in [-0.4, -0.2) is 13.4 Å². The van der Waals surface area contributed by atoms with Gasteiger partial charge in [0.1, 0.15) is 0 Å². The van der Waals surface area contributed by atoms with Crippen molar-refractivity contribution >= 4 is 126 Å². The molecular formula is C77H63B2NS2. The summed E-state index contributed by atoms with van der Waals surface area (Å²) in [6, 6.07) is 69.9. The van der Waals surface area contributed by atoms with Crippen LogP contribution in [0, 0.1) is 76.2 Å². The van der Waals surface area contributed by atoms with Crippen LogP contribution < -0.4 is 37.7 Å². The number of anilines is 3. The van der Waals surface area contributed by atoms with Crippen LogP contribution in [0.1, 0.15) is 61.2 Å². The summed E-state index contributed by atoms with van der Waals surface area (Å²) in [5.74, 6) is 0. The summed E-state index contributed by atoms with van der Waals surface area (Å²) < 4.78 is 5.36. The number of nitrogens with zero attached hydrogens (tertiary/aromatic N) is 1. The van der Waals surface area contributed by atoms with Crippen molar-refractivity contribution in [1.82, 2.24) is 0 Å². The Bertz CT molecular complexity index is 4520. The molecule has 2 aromatic heterocycles. The molecule has 11 aromatic carbocycles. The monoisotopic (exact) mass is 1090 g/mol. The molecule has 394 valence electrons. The van der Waals surface area contributed by atoms with Crippen LogP contribution in [-0.2, 0) is 0 Å². The molecule has 0 saturated carbocycles. The van der Waals surface area contributed by atoms with Gasteiger partial charge in [-0.3, -0.25) is 0 Å². The molecule has 5 heteroatoms. The summed E-state index contributed by atoms with van der Waals surface area (Å²) in [6.45, 7) is 25.9. The molecule has 15 rings (SSSR count). The molecule has 0 atom stereocenters. The number of benzene rings is 11. The van der Waals surface area contributed by atoms with Crippen molar-refractivity contribution in [3.05, 3.63) is 243 Å². The number of hydrogen-bond acceptors (Lipinski definition) is 3. The molecule has 0 spiro atoms. The first-order chi connectivity index (χ1) is 39.7. The largest absolute Gasteiger partial charge is 0.313 e. The number of hydrogen-bond donors (Lipinski definition) is 0. The Morgan fingerprint density at radius 3 is 1.04 bits per heavy atom. The number of rotatable bonds is 6. The minimum atomic E-state index is 0.00442. The Morgan fingerprint density at radius 2 is 0.634 bits per heavy atom. The summed E-state index contributed by atoms with van der Waals surface area (Å²) in [4.78, 5) is 2.68. The molecule has 0 unspecified atom stereocenters. The van der Waals surface area contributed by atoms with Gasteiger partial charge in [-0.1, -0.05) is 196 Å². The van der Waals surface area contributed by atoms with Gasteiger partial charge in [-0.05, 0) is 200 Å². The van der Waals surface area contributed by atoms with Gasteiger partial charge in [-0.2, -0.15) is 0 Å². The zero-order valence-corrected chi connectivity index (χ0v) is 50.4. The highest BCUT2D eigenvalue weighted by atomic mass is 32.1. The fourth-order valence-electron chi connectivity index (χ4n) is 14.8. The third-order valence-electron chi connectivity index (χ3n) is 19.9. The van der Waals surface area contributed by atoms with E-state index in [1.165, 1.54) is 196 Å². The van der Waals surface area contributed by atoms with E-state index in [0.29, 0.717) is 0 Å². The Balaban J connectivity index is 0.932. The number of thiophene rings is 2. The molecular weight excluding hydrogens is 1020 g/mol. The predicted octanol–water partition coefficient (Wildman–Crippen LogP) is 17.6. The summed E-state index contributed by atoms with van der Waals surface area (Å²) in [5.41, 5.74) is 37.4. The summed E-state index contributed by atoms with van der Waals surface area (Å²) in [5, 5.41) is 5.32. The van der Waals surface area contributed by atoms with E-state index < -0.39 is 0 Å². The average molecular weight is 1090 g/mol. The Kier molecular flexibility index (Phi) is 11.7. The maximum atomic E-state index is 2.68. The average Bonchev–Trinajstić information content (AvgIpc) is 4.23. The standard InChI is InChI=1S/C77H63B2NS2/c1-42-38-67-75-68(39-42)79(74-51(10)47(6)44(3)48(7)52(74)11)66-41-58(54-28-32-56(33-29-54)60-21-17-23-64-62-19-13-15-25-72(62)82-77(60)64)35-37-70(66)80(75)69-36-34-57(40-65(69)78(67)73-49(8)45(4)43(2)46(5)50(73)9)53-26-30-55(31-27-53)59-20-16-22-63-61-18-12-14-24-71(61)81-76(59)63/h12-41H,1-11H3. The molecule has 13 aromatic rings. The Labute approximate surface area is 491 Å². The van der Waals surface area contributed by atoms with Crippen molar-refractivity contribution in [2.75, 3.05) is 4.90 Å². The van der Waals surface area contributed by atoms with E-state index in [1.54, 1.807) is 0 Å². The highest BCUT2D eigenvalue weighted by Crippen LogP contribution is 2.44. The minimum Gasteiger partial charge on any atom is -0.313 e. The zero-order valence-electron chi connectivity index (χ0n) is 48.7. The highest BCUT2D eigenvalue weighted by Gasteiger charge is 2.46. The van der Waals surface area contributed by atoms with Gasteiger partial charge in [-0.25, -0.2) is 0 Å². The molecule has 2 aliphatic heterocycles. The SMILES string of the molecule is Cc1cc2c3c(c1)B(c1c(C)c(C)c(C)c(C)c1C)c1cc(-c4ccc(-c5cccc6c5sc5ccccc56)cc4)ccc1N3c1ccc(-c3ccc(-c4cccc5c4sc4ccccc45)cc3)cc1B2c1c(C)c(C)c(C)c(C)c1C. The van der Waals surface area contributed by atoms with E-state index in [4.69, 9.17) is 0 Å². The molecule has 0 amide bonds. The van der Waals surface area contributed by atoms with Gasteiger partial charge in [0.05, 0.1) is 0 Å². The van der Waals surface area contributed by atoms with Gasteiger partial charge in [-0.15, -0.1) is 22.7 Å². The van der Waals surface area contributed by atoms with Crippen molar-refractivity contribution < 1.29 is 0 Å². The van der Waals surface area contributed by atoms with E-state index >= 15 is 0 Å². The van der Waals surface area contributed by atoms with Crippen molar-refractivity contribution in [2.45, 2.75) is 76.2 Å². The molecule has 0 N–H and O–H groups in total. The molecule has 0 radical (unpaired) electrons. The van der Waals surface area contributed by atoms with Gasteiger partial charge in [0.25, 0.3) is 0 Å². The lowest BCUT2D eigenvalue weighted by Gasteiger charge is -2.45. The predicted molar refractivity (Wildman–Crippen MR) is 363 cm³/mol. The van der Waals surface area contributed by atoms with E-state index in [-0.39, 0.29) is 13.4 Å². The summed E-state index contributed by atoms with van der Waals surface area (Å²) >= 11 is 3.80. The van der Waals surface area contributed by atoms with Crippen LogP contribution in [0.2, 0.25) is 0 Å². The third kappa shape index (κ3) is 7.45. The van der Waals surface area contributed by atoms with E-state index in [1.807, 2.05) is 22.7 Å². The molecule has 1 nitrogen and oxygen atoms in total. The van der Waals surface area contributed by atoms with Gasteiger partial charge >= 0.3 is 0 Å². The third-order valence-corrected chi connectivity index (χ3v) is 22.3. The van der Waals surface area contributed by atoms with E-state index in [0.717, 1.165) is 0 Å². The first kappa shape index (κ1) is 50.7. The van der Waals surface area contributed by atoms with Crippen molar-refractivity contribution in [3.8, 4) is 44.5 Å². The van der Waals surface area contributed by atoms with Crippen LogP contribution in [0.25, 0.3) is 84.9 Å². The van der Waals surface area contributed by atoms with Crippen LogP contribution in [0.15, 0.2) is 182 Å². The zero-order chi connectivity index (χ0) is 56.1. The molecule has 82 heavy (non-hydrogen) atoms. The fourth-order valence-corrected chi connectivity index (χ4v) is 17.2. The first-order valence-corrected chi connectivity index (χ1v) is 30.8. The summed E-state index contributed by atoms with van der Waals surface area (Å²) in [7, 11) is 0. The van der Waals surface area contributed by atoms with Crippen LogP contribution in [0.4, 0.5) is 17.1 Å². The van der Waals surface area contributed by atoms with E-state index in [2.05, 4.69) is 263 Å². The topological polar surface area (TPSA) is 3.24 Å². The minimum absolute atomic E-state index is 0.00442. The molecule has 0 fully saturated rings. The number of fused-ring (bicyclic) bond motifs is 10. The van der Waals surface area contributed by atoms with Gasteiger partial charge in [0, 0.05) is 57.4 Å². The normalized spacial score (nSPS) is 12.7. The highest BCUT2D eigenvalue weighted by molar-refractivity contribution is 7.26. The molecule has 0 saturated heterocycles. The van der Waals surface area contributed by atoms with Gasteiger partial charge in [0.15, 0.2) is 0 Å². The second kappa shape index (κ2) is 18.9. The second-order valence-electron chi connectivity index (χ2n) is 23.8. The lowest BCUT2D eigenvalue weighted by atomic mass is 9.29. The second-order valence-corrected chi connectivity index (χ2v) is 25.9. The molecule has 0 aliphatic carbocycles. The van der Waals surface area contributed by atoms with Crippen LogP contribution in [0.5, 0.6) is 0 Å². The number of aryl methyl sites for hydroxylation is 1. The van der Waals surface area contributed by atoms with E-state index in [9.17, 15) is 0 Å². The van der Waals surface area contributed by atoms with Crippen LogP contribution in [0.3, 0.4) is 0 Å². The molecule has 4 heterocycles. The summed E-state index contributed by atoms with van der Waals surface area (Å²) in [6.07, 6.45) is 0. The lowest BCUT2D eigenvalue weighted by Crippen LogP contribution is -2.66. The quantitative estimate of drug-likeness (QED) is 0.150. The lowest BCUT2D eigenvalue weighted by molar-refractivity contribution is 1.19. The molecule has 0 bridgehead atoms. The maximum Gasteiger partial charge on any atom is 0.247 e. The van der Waals surface area contributed by atoms with Crippen molar-refractivity contribution in [2.24, 2.45) is 0 Å². The first-order valence-electron chi connectivity index (χ1n) is 29.1. The van der Waals surface area contributed by atoms with Crippen LogP contribution >= 0.6 is 22.7 Å². The smallest absolute Gasteiger partial charge is 0.247 e. The van der Waals surface area contributed by atoms with Gasteiger partial charge < -0.3 is 4.90 Å². The van der Waals surface area contributed by atoms with Crippen molar-refractivity contribution in [1.29, 1.82) is 0 Å².